The summed E-state index contributed by atoms with van der Waals surface area (Å²) in [5, 5.41) is 3.42. The summed E-state index contributed by atoms with van der Waals surface area (Å²) < 4.78 is 11.2. The first kappa shape index (κ1) is 17.5. The van der Waals surface area contributed by atoms with Gasteiger partial charge < -0.3 is 14.8 Å². The van der Waals surface area contributed by atoms with Gasteiger partial charge in [-0.1, -0.05) is 29.8 Å². The second-order valence-corrected chi connectivity index (χ2v) is 6.22. The van der Waals surface area contributed by atoms with E-state index in [-0.39, 0.29) is 12.0 Å². The van der Waals surface area contributed by atoms with Gasteiger partial charge in [0.2, 0.25) is 5.91 Å². The number of carbonyl (C=O) groups excluding carboxylic acids is 1. The van der Waals surface area contributed by atoms with Gasteiger partial charge in [-0.15, -0.1) is 0 Å². The molecule has 0 bridgehead atoms. The van der Waals surface area contributed by atoms with Crippen molar-refractivity contribution in [1.82, 2.24) is 0 Å². The lowest BCUT2D eigenvalue weighted by Crippen LogP contribution is -2.16. The number of amides is 1. The first-order chi connectivity index (χ1) is 12.2. The van der Waals surface area contributed by atoms with Crippen molar-refractivity contribution in [3.63, 3.8) is 0 Å². The molecule has 0 saturated carbocycles. The van der Waals surface area contributed by atoms with Crippen molar-refractivity contribution in [3.8, 4) is 5.75 Å². The monoisotopic (exact) mass is 357 g/mol. The zero-order valence-corrected chi connectivity index (χ0v) is 14.5. The molecular weight excluding hydrogens is 338 g/mol. The maximum atomic E-state index is 12.0. The minimum Gasteiger partial charge on any atom is -0.491 e. The van der Waals surface area contributed by atoms with Crippen LogP contribution in [0.3, 0.4) is 0 Å². The number of nitrogens with one attached hydrogen (secondary N) is 1. The molecule has 1 fully saturated rings. The van der Waals surface area contributed by atoms with Gasteiger partial charge in [-0.05, 0) is 54.8 Å². The van der Waals surface area contributed by atoms with E-state index < -0.39 is 0 Å². The van der Waals surface area contributed by atoms with Crippen LogP contribution >= 0.6 is 11.6 Å². The van der Waals surface area contributed by atoms with Crippen LogP contribution in [0.25, 0.3) is 6.08 Å². The molecule has 2 aromatic rings. The SMILES string of the molecule is O=C(/C=C\c1ccccc1Cl)Nc1ccc(OC[C@H]2CCCO2)cc1. The predicted octanol–water partition coefficient (Wildman–Crippen LogP) is 4.55. The lowest BCUT2D eigenvalue weighted by molar-refractivity contribution is -0.111. The van der Waals surface area contributed by atoms with Gasteiger partial charge in [0.15, 0.2) is 0 Å². The summed E-state index contributed by atoms with van der Waals surface area (Å²) in [4.78, 5) is 12.0. The normalized spacial score (nSPS) is 16.9. The molecule has 1 amide bonds. The number of anilines is 1. The summed E-state index contributed by atoms with van der Waals surface area (Å²) in [5.41, 5.74) is 1.51. The van der Waals surface area contributed by atoms with Crippen molar-refractivity contribution < 1.29 is 14.3 Å². The van der Waals surface area contributed by atoms with Crippen molar-refractivity contribution in [1.29, 1.82) is 0 Å². The third-order valence-electron chi connectivity index (χ3n) is 3.90. The van der Waals surface area contributed by atoms with Crippen LogP contribution in [0.4, 0.5) is 5.69 Å². The van der Waals surface area contributed by atoms with Crippen LogP contribution in [0.2, 0.25) is 5.02 Å². The van der Waals surface area contributed by atoms with E-state index >= 15 is 0 Å². The van der Waals surface area contributed by atoms with Gasteiger partial charge in [-0.25, -0.2) is 0 Å². The molecule has 2 aromatic carbocycles. The Bertz CT molecular complexity index is 737. The van der Waals surface area contributed by atoms with Crippen LogP contribution in [0, 0.1) is 0 Å². The predicted molar refractivity (Wildman–Crippen MR) is 100 cm³/mol. The van der Waals surface area contributed by atoms with Crippen LogP contribution in [-0.4, -0.2) is 25.2 Å². The maximum absolute atomic E-state index is 12.0. The van der Waals surface area contributed by atoms with Gasteiger partial charge in [-0.3, -0.25) is 4.79 Å². The Balaban J connectivity index is 1.50. The first-order valence-electron chi connectivity index (χ1n) is 8.29. The summed E-state index contributed by atoms with van der Waals surface area (Å²) in [6, 6.07) is 14.7. The van der Waals surface area contributed by atoms with Gasteiger partial charge in [-0.2, -0.15) is 0 Å². The van der Waals surface area contributed by atoms with Gasteiger partial charge in [0.1, 0.15) is 12.4 Å². The Labute approximate surface area is 152 Å². The average molecular weight is 358 g/mol. The third kappa shape index (κ3) is 5.34. The number of rotatable bonds is 6. The number of hydrogen-bond donors (Lipinski definition) is 1. The molecule has 4 nitrogen and oxygen atoms in total. The molecule has 0 aromatic heterocycles. The number of ether oxygens (including phenoxy) is 2. The highest BCUT2D eigenvalue weighted by Crippen LogP contribution is 2.19. The fraction of sp³-hybridized carbons (Fsp3) is 0.250. The van der Waals surface area contributed by atoms with E-state index in [0.717, 1.165) is 30.8 Å². The van der Waals surface area contributed by atoms with Crippen LogP contribution in [0.5, 0.6) is 5.75 Å². The van der Waals surface area contributed by atoms with Crippen molar-refractivity contribution in [2.75, 3.05) is 18.5 Å². The van der Waals surface area contributed by atoms with Crippen LogP contribution < -0.4 is 10.1 Å². The smallest absolute Gasteiger partial charge is 0.248 e. The van der Waals surface area contributed by atoms with Crippen molar-refractivity contribution in [2.24, 2.45) is 0 Å². The summed E-state index contributed by atoms with van der Waals surface area (Å²) in [5.74, 6) is 0.549. The average Bonchev–Trinajstić information content (AvgIpc) is 3.14. The van der Waals surface area contributed by atoms with E-state index in [9.17, 15) is 4.79 Å². The molecule has 5 heteroatoms. The molecule has 1 atom stereocenters. The van der Waals surface area contributed by atoms with E-state index in [1.807, 2.05) is 42.5 Å². The molecule has 0 unspecified atom stereocenters. The highest BCUT2D eigenvalue weighted by molar-refractivity contribution is 6.32. The number of carbonyl (C=O) groups is 1. The Morgan fingerprint density at radius 2 is 2.04 bits per heavy atom. The van der Waals surface area contributed by atoms with Crippen molar-refractivity contribution in [3.05, 3.63) is 65.2 Å². The molecule has 25 heavy (non-hydrogen) atoms. The van der Waals surface area contributed by atoms with Crippen molar-refractivity contribution >= 4 is 29.3 Å². The minimum absolute atomic E-state index is 0.189. The summed E-state index contributed by atoms with van der Waals surface area (Å²) in [7, 11) is 0. The molecule has 1 heterocycles. The van der Waals surface area contributed by atoms with E-state index in [4.69, 9.17) is 21.1 Å². The maximum Gasteiger partial charge on any atom is 0.248 e. The van der Waals surface area contributed by atoms with E-state index in [2.05, 4.69) is 5.32 Å². The van der Waals surface area contributed by atoms with Crippen LogP contribution in [-0.2, 0) is 9.53 Å². The second kappa shape index (κ2) is 8.70. The summed E-state index contributed by atoms with van der Waals surface area (Å²) in [6.45, 7) is 1.38. The number of halogens is 1. The Kier molecular flexibility index (Phi) is 6.09. The highest BCUT2D eigenvalue weighted by atomic mass is 35.5. The molecular formula is C20H20ClNO3. The fourth-order valence-electron chi connectivity index (χ4n) is 2.56. The molecule has 0 radical (unpaired) electrons. The van der Waals surface area contributed by atoms with E-state index in [1.165, 1.54) is 6.08 Å². The molecule has 3 rings (SSSR count). The molecule has 1 N–H and O–H groups in total. The molecule has 130 valence electrons. The van der Waals surface area contributed by atoms with Gasteiger partial charge in [0.25, 0.3) is 0 Å². The zero-order valence-electron chi connectivity index (χ0n) is 13.8. The van der Waals surface area contributed by atoms with Gasteiger partial charge in [0, 0.05) is 23.4 Å². The molecule has 1 aliphatic heterocycles. The zero-order chi connectivity index (χ0) is 17.5. The van der Waals surface area contributed by atoms with Crippen molar-refractivity contribution in [2.45, 2.75) is 18.9 Å². The Hall–Kier alpha value is -2.30. The third-order valence-corrected chi connectivity index (χ3v) is 4.25. The first-order valence-corrected chi connectivity index (χ1v) is 8.66. The molecule has 1 aliphatic rings. The Morgan fingerprint density at radius 1 is 1.24 bits per heavy atom. The Morgan fingerprint density at radius 3 is 2.76 bits per heavy atom. The standard InChI is InChI=1S/C20H20ClNO3/c21-19-6-2-1-4-15(19)7-12-20(23)22-16-8-10-17(11-9-16)25-14-18-5-3-13-24-18/h1-2,4,6-12,18H,3,5,13-14H2,(H,22,23)/b12-7-/t18-/m1/s1. The fourth-order valence-corrected chi connectivity index (χ4v) is 2.76. The van der Waals surface area contributed by atoms with Gasteiger partial charge >= 0.3 is 0 Å². The molecule has 1 saturated heterocycles. The number of benzene rings is 2. The van der Waals surface area contributed by atoms with Crippen LogP contribution in [0.1, 0.15) is 18.4 Å². The topological polar surface area (TPSA) is 47.6 Å². The quantitative estimate of drug-likeness (QED) is 0.771. The largest absolute Gasteiger partial charge is 0.491 e. The molecule has 0 spiro atoms. The lowest BCUT2D eigenvalue weighted by Gasteiger charge is -2.11. The number of hydrogen-bond acceptors (Lipinski definition) is 3. The van der Waals surface area contributed by atoms with E-state index in [1.54, 1.807) is 12.1 Å². The second-order valence-electron chi connectivity index (χ2n) is 5.81. The van der Waals surface area contributed by atoms with E-state index in [0.29, 0.717) is 17.3 Å². The highest BCUT2D eigenvalue weighted by Gasteiger charge is 2.15. The van der Waals surface area contributed by atoms with Crippen LogP contribution in [0.15, 0.2) is 54.6 Å². The van der Waals surface area contributed by atoms with Gasteiger partial charge in [0.05, 0.1) is 6.10 Å². The summed E-state index contributed by atoms with van der Waals surface area (Å²) >= 11 is 6.06. The molecule has 0 aliphatic carbocycles. The lowest BCUT2D eigenvalue weighted by atomic mass is 10.2. The minimum atomic E-state index is -0.215. The summed E-state index contributed by atoms with van der Waals surface area (Å²) in [6.07, 6.45) is 5.49.